The number of fused-ring (bicyclic) bond motifs is 2. The van der Waals surface area contributed by atoms with Crippen molar-refractivity contribution in [1.82, 2.24) is 0 Å². The van der Waals surface area contributed by atoms with Crippen LogP contribution in [0, 0.1) is 74.0 Å². The Kier molecular flexibility index (Phi) is 21.7. The summed E-state index contributed by atoms with van der Waals surface area (Å²) in [5.74, 6) is 6.01. The van der Waals surface area contributed by atoms with Gasteiger partial charge >= 0.3 is 26.2 Å². The van der Waals surface area contributed by atoms with Crippen molar-refractivity contribution >= 4 is 0 Å². The van der Waals surface area contributed by atoms with Crippen LogP contribution in [0.25, 0.3) is 0 Å². The Labute approximate surface area is 270 Å². The van der Waals surface area contributed by atoms with E-state index in [2.05, 4.69) is 106 Å². The van der Waals surface area contributed by atoms with Gasteiger partial charge in [-0.3, -0.25) is 0 Å². The molecule has 0 aromatic heterocycles. The van der Waals surface area contributed by atoms with Gasteiger partial charge < -0.3 is 51.5 Å². The molecule has 218 valence electrons. The Morgan fingerprint density at radius 1 is 0.605 bits per heavy atom. The van der Waals surface area contributed by atoms with Gasteiger partial charge in [0.2, 0.25) is 0 Å². The zero-order chi connectivity index (χ0) is 26.1. The predicted molar refractivity (Wildman–Crippen MR) is 157 cm³/mol. The molecule has 0 amide bonds. The molecular formula is C35H56Cl2Zr-4. The van der Waals surface area contributed by atoms with Gasteiger partial charge in [0.25, 0.3) is 0 Å². The first-order chi connectivity index (χ1) is 16.6. The molecule has 0 spiro atoms. The third-order valence-corrected chi connectivity index (χ3v) is 8.39. The quantitative estimate of drug-likeness (QED) is 0.373. The summed E-state index contributed by atoms with van der Waals surface area (Å²) in [7, 11) is 0. The normalized spacial score (nSPS) is 25.2. The maximum atomic E-state index is 3.64. The van der Waals surface area contributed by atoms with Crippen molar-refractivity contribution in [2.75, 3.05) is 0 Å². The van der Waals surface area contributed by atoms with Gasteiger partial charge in [-0.25, -0.2) is 0 Å². The molecule has 0 aromatic carbocycles. The largest absolute Gasteiger partial charge is 2.00 e. The van der Waals surface area contributed by atoms with Crippen molar-refractivity contribution in [3.8, 4) is 0 Å². The summed E-state index contributed by atoms with van der Waals surface area (Å²) in [5.41, 5.74) is 6.67. The summed E-state index contributed by atoms with van der Waals surface area (Å²) in [4.78, 5) is 0. The number of hydrogen-bond acceptors (Lipinski definition) is 0. The Bertz CT molecular complexity index is 645. The number of unbranched alkanes of at least 4 members (excludes halogenated alkanes) is 2. The first kappa shape index (κ1) is 40.6. The summed E-state index contributed by atoms with van der Waals surface area (Å²) in [6.45, 7) is 25.9. The maximum absolute atomic E-state index is 3.64. The minimum atomic E-state index is 0. The van der Waals surface area contributed by atoms with Crippen LogP contribution >= 0.6 is 0 Å². The molecule has 3 heteroatoms. The van der Waals surface area contributed by atoms with Gasteiger partial charge in [0.1, 0.15) is 0 Å². The number of allylic oxidation sites excluding steroid dienone is 8. The molecule has 2 fully saturated rings. The zero-order valence-electron chi connectivity index (χ0n) is 25.7. The van der Waals surface area contributed by atoms with Gasteiger partial charge in [-0.05, 0) is 35.5 Å². The second-order valence-corrected chi connectivity index (χ2v) is 12.2. The minimum Gasteiger partial charge on any atom is -1.00 e. The Morgan fingerprint density at radius 2 is 0.895 bits per heavy atom. The molecular weight excluding hydrogens is 583 g/mol. The van der Waals surface area contributed by atoms with Gasteiger partial charge in [-0.1, -0.05) is 115 Å². The van der Waals surface area contributed by atoms with Crippen LogP contribution in [0.15, 0.2) is 46.6 Å². The van der Waals surface area contributed by atoms with Crippen LogP contribution in [0.3, 0.4) is 0 Å². The molecule has 0 aromatic rings. The maximum Gasteiger partial charge on any atom is 2.00 e. The van der Waals surface area contributed by atoms with E-state index < -0.39 is 0 Å². The third kappa shape index (κ3) is 11.0. The molecule has 0 N–H and O–H groups in total. The smallest absolute Gasteiger partial charge is 1.00 e. The van der Waals surface area contributed by atoms with Crippen LogP contribution in [-0.4, -0.2) is 0 Å². The molecule has 4 rings (SSSR count). The molecule has 0 heterocycles. The molecule has 4 aliphatic rings. The van der Waals surface area contributed by atoms with E-state index in [0.717, 1.165) is 36.5 Å². The first-order valence-corrected chi connectivity index (χ1v) is 14.7. The summed E-state index contributed by atoms with van der Waals surface area (Å²) < 4.78 is 0. The van der Waals surface area contributed by atoms with Crippen LogP contribution in [0.5, 0.6) is 0 Å². The third-order valence-electron chi connectivity index (χ3n) is 8.39. The Morgan fingerprint density at radius 3 is 1.13 bits per heavy atom. The molecule has 0 aliphatic heterocycles. The van der Waals surface area contributed by atoms with E-state index in [9.17, 15) is 0 Å². The molecule has 2 saturated carbocycles. The van der Waals surface area contributed by atoms with E-state index in [1.807, 2.05) is 0 Å². The monoisotopic (exact) mass is 636 g/mol. The van der Waals surface area contributed by atoms with Crippen molar-refractivity contribution in [3.63, 3.8) is 0 Å². The molecule has 4 aliphatic carbocycles. The van der Waals surface area contributed by atoms with E-state index in [1.54, 1.807) is 22.3 Å². The van der Waals surface area contributed by atoms with E-state index >= 15 is 0 Å². The van der Waals surface area contributed by atoms with E-state index in [-0.39, 0.29) is 51.0 Å². The molecule has 4 atom stereocenters. The van der Waals surface area contributed by atoms with E-state index in [0.29, 0.717) is 23.7 Å². The van der Waals surface area contributed by atoms with E-state index in [1.165, 1.54) is 32.1 Å². The summed E-state index contributed by atoms with van der Waals surface area (Å²) >= 11 is 0. The molecule has 0 radical (unpaired) electrons. The first-order valence-electron chi connectivity index (χ1n) is 14.7. The van der Waals surface area contributed by atoms with Crippen LogP contribution < -0.4 is 24.8 Å². The van der Waals surface area contributed by atoms with Crippen molar-refractivity contribution < 1.29 is 51.0 Å². The van der Waals surface area contributed by atoms with Gasteiger partial charge in [0, 0.05) is 0 Å². The molecule has 0 bridgehead atoms. The Hall–Kier alpha value is 0.423. The fraction of sp³-hybridized carbons (Fsp3) is 0.657. The Balaban J connectivity index is 0. The average molecular weight is 639 g/mol. The topological polar surface area (TPSA) is 0 Å². The van der Waals surface area contributed by atoms with Gasteiger partial charge in [0.15, 0.2) is 0 Å². The molecule has 38 heavy (non-hydrogen) atoms. The van der Waals surface area contributed by atoms with Crippen LogP contribution in [-0.2, 0) is 26.2 Å². The number of halogens is 2. The molecule has 0 saturated heterocycles. The van der Waals surface area contributed by atoms with Crippen LogP contribution in [0.2, 0.25) is 0 Å². The molecule has 0 nitrogen and oxygen atoms in total. The van der Waals surface area contributed by atoms with Gasteiger partial charge in [-0.2, -0.15) is 25.7 Å². The molecule has 4 unspecified atom stereocenters. The predicted octanol–water partition coefficient (Wildman–Crippen LogP) is 4.62. The standard InChI is InChI=1S/2C15H23.C5H10.2ClH.Zr/c2*1-10(2)12-8-9-13(11(3)4)15-7-5-6-14(12)15;1-3-5-4-2;;;/h2*6,8-11,14-15H,5,7H2,1-4H3;1-5H2;2*1H;/q2*-1;-2;;;+2/p-2. The van der Waals surface area contributed by atoms with Crippen LogP contribution in [0.1, 0.15) is 100 Å². The fourth-order valence-electron chi connectivity index (χ4n) is 6.51. The summed E-state index contributed by atoms with van der Waals surface area (Å²) in [6, 6.07) is 0. The number of rotatable bonds is 6. The summed E-state index contributed by atoms with van der Waals surface area (Å²) in [6.07, 6.45) is 23.3. The zero-order valence-corrected chi connectivity index (χ0v) is 29.7. The number of hydrogen-bond donors (Lipinski definition) is 0. The van der Waals surface area contributed by atoms with E-state index in [4.69, 9.17) is 0 Å². The van der Waals surface area contributed by atoms with Gasteiger partial charge in [0.05, 0.1) is 0 Å². The van der Waals surface area contributed by atoms with Crippen molar-refractivity contribution in [2.24, 2.45) is 47.3 Å². The van der Waals surface area contributed by atoms with Crippen molar-refractivity contribution in [3.05, 3.63) is 73.3 Å². The SMILES string of the molecule is CC(C)C1=CC=C(C(C)C)C2CC[CH-]C12.CC(C)C1=CC=C(C(C)C)C2CC[CH-]C12.[CH2-]CCC[CH2-].[Cl-].[Cl-].[Zr+2]. The second kappa shape index (κ2) is 20.3. The summed E-state index contributed by atoms with van der Waals surface area (Å²) in [5, 5.41) is 0. The van der Waals surface area contributed by atoms with Crippen LogP contribution in [0.4, 0.5) is 0 Å². The average Bonchev–Trinajstić information content (AvgIpc) is 3.48. The fourth-order valence-corrected chi connectivity index (χ4v) is 6.51. The minimum absolute atomic E-state index is 0. The second-order valence-electron chi connectivity index (χ2n) is 12.2. The van der Waals surface area contributed by atoms with Crippen molar-refractivity contribution in [1.29, 1.82) is 0 Å². The van der Waals surface area contributed by atoms with Crippen molar-refractivity contribution in [2.45, 2.75) is 100 Å². The van der Waals surface area contributed by atoms with Gasteiger partial charge in [-0.15, -0.1) is 18.3 Å².